The van der Waals surface area contributed by atoms with Crippen molar-refractivity contribution in [1.29, 1.82) is 0 Å². The summed E-state index contributed by atoms with van der Waals surface area (Å²) in [5.41, 5.74) is 13.0. The number of carbonyl (C=O) groups is 1. The number of ether oxygens (including phenoxy) is 1. The highest BCUT2D eigenvalue weighted by Crippen LogP contribution is 2.33. The number of hydrogen-bond acceptors (Lipinski definition) is 4. The van der Waals surface area contributed by atoms with Crippen molar-refractivity contribution in [2.45, 2.75) is 38.9 Å². The first kappa shape index (κ1) is 17.9. The predicted molar refractivity (Wildman–Crippen MR) is 90.8 cm³/mol. The zero-order valence-electron chi connectivity index (χ0n) is 13.8. The molecule has 6 heteroatoms. The Hall–Kier alpha value is -2.47. The van der Waals surface area contributed by atoms with Gasteiger partial charge in [-0.15, -0.1) is 0 Å². The van der Waals surface area contributed by atoms with Gasteiger partial charge in [-0.25, -0.2) is 9.37 Å². The van der Waals surface area contributed by atoms with E-state index in [4.69, 9.17) is 16.2 Å². The van der Waals surface area contributed by atoms with E-state index in [1.807, 2.05) is 19.1 Å². The molecule has 4 N–H and O–H groups in total. The van der Waals surface area contributed by atoms with E-state index in [9.17, 15) is 9.18 Å². The van der Waals surface area contributed by atoms with Crippen LogP contribution in [-0.2, 0) is 6.54 Å². The van der Waals surface area contributed by atoms with Gasteiger partial charge in [0.1, 0.15) is 17.2 Å². The van der Waals surface area contributed by atoms with E-state index in [-0.39, 0.29) is 18.2 Å². The fourth-order valence-corrected chi connectivity index (χ4v) is 2.69. The highest BCUT2D eigenvalue weighted by atomic mass is 19.1. The van der Waals surface area contributed by atoms with Crippen LogP contribution in [0.1, 0.15) is 47.8 Å². The lowest BCUT2D eigenvalue weighted by Crippen LogP contribution is -2.12. The van der Waals surface area contributed by atoms with Gasteiger partial charge in [0, 0.05) is 12.1 Å². The summed E-state index contributed by atoms with van der Waals surface area (Å²) in [5.74, 6) is 0.503. The summed E-state index contributed by atoms with van der Waals surface area (Å²) in [4.78, 5) is 15.0. The summed E-state index contributed by atoms with van der Waals surface area (Å²) in [7, 11) is 0. The number of primary amides is 1. The minimum Gasteiger partial charge on any atom is -0.455 e. The number of aromatic nitrogens is 1. The summed E-state index contributed by atoms with van der Waals surface area (Å²) in [6.45, 7) is 3.80. The summed E-state index contributed by atoms with van der Waals surface area (Å²) >= 11 is 0. The van der Waals surface area contributed by atoms with Gasteiger partial charge in [0.2, 0.25) is 0 Å². The summed E-state index contributed by atoms with van der Waals surface area (Å²) in [5, 5.41) is 0. The third-order valence-corrected chi connectivity index (χ3v) is 3.80. The molecule has 2 atom stereocenters. The average molecular weight is 331 g/mol. The topological polar surface area (TPSA) is 91.2 Å². The number of nitrogens with two attached hydrogens (primary N) is 2. The lowest BCUT2D eigenvalue weighted by atomic mass is 9.91. The molecule has 0 aliphatic rings. The Morgan fingerprint density at radius 3 is 2.58 bits per heavy atom. The van der Waals surface area contributed by atoms with Gasteiger partial charge < -0.3 is 16.2 Å². The molecule has 0 radical (unpaired) electrons. The van der Waals surface area contributed by atoms with Crippen molar-refractivity contribution in [1.82, 2.24) is 4.98 Å². The Morgan fingerprint density at radius 1 is 1.29 bits per heavy atom. The summed E-state index contributed by atoms with van der Waals surface area (Å²) in [6, 6.07) is 8.72. The molecule has 128 valence electrons. The van der Waals surface area contributed by atoms with Crippen LogP contribution < -0.4 is 16.2 Å². The average Bonchev–Trinajstić information content (AvgIpc) is 2.54. The zero-order chi connectivity index (χ0) is 17.7. The maximum atomic E-state index is 13.3. The fraction of sp³-hybridized carbons (Fsp3) is 0.333. The summed E-state index contributed by atoms with van der Waals surface area (Å²) < 4.78 is 19.2. The first-order valence-electron chi connectivity index (χ1n) is 7.82. The molecule has 0 fully saturated rings. The Labute approximate surface area is 140 Å². The number of pyridine rings is 1. The van der Waals surface area contributed by atoms with Crippen molar-refractivity contribution < 1.29 is 13.9 Å². The second-order valence-electron chi connectivity index (χ2n) is 5.79. The van der Waals surface area contributed by atoms with Crippen LogP contribution in [0.4, 0.5) is 4.39 Å². The number of benzene rings is 1. The van der Waals surface area contributed by atoms with Gasteiger partial charge in [-0.3, -0.25) is 4.79 Å². The molecule has 0 aliphatic carbocycles. The number of nitrogens with zero attached hydrogens (tertiary/aromatic N) is 1. The molecule has 2 aromatic rings. The van der Waals surface area contributed by atoms with E-state index in [1.54, 1.807) is 19.1 Å². The van der Waals surface area contributed by atoms with E-state index in [2.05, 4.69) is 4.98 Å². The van der Waals surface area contributed by atoms with E-state index >= 15 is 0 Å². The molecule has 5 nitrogen and oxygen atoms in total. The minimum absolute atomic E-state index is 0.0301. The number of halogens is 1. The Kier molecular flexibility index (Phi) is 5.87. The molecule has 1 heterocycles. The van der Waals surface area contributed by atoms with Crippen molar-refractivity contribution >= 4 is 5.91 Å². The summed E-state index contributed by atoms with van der Waals surface area (Å²) in [6.07, 6.45) is 0.964. The third-order valence-electron chi connectivity index (χ3n) is 3.80. The van der Waals surface area contributed by atoms with Crippen molar-refractivity contribution in [2.24, 2.45) is 11.5 Å². The first-order valence-corrected chi connectivity index (χ1v) is 7.82. The second-order valence-corrected chi connectivity index (χ2v) is 5.79. The number of hydrogen-bond donors (Lipinski definition) is 2. The normalized spacial score (nSPS) is 13.3. The SMILES string of the molecule is CC(F)CC(C)c1cccc(Oc2ccc(C(N)=O)nc2)c1CN. The maximum Gasteiger partial charge on any atom is 0.267 e. The van der Waals surface area contributed by atoms with Crippen LogP contribution >= 0.6 is 0 Å². The molecule has 2 unspecified atom stereocenters. The highest BCUT2D eigenvalue weighted by molar-refractivity contribution is 5.90. The van der Waals surface area contributed by atoms with Crippen LogP contribution in [0.5, 0.6) is 11.5 Å². The molecular formula is C18H22FN3O2. The molecule has 1 amide bonds. The quantitative estimate of drug-likeness (QED) is 0.814. The standard InChI is InChI=1S/C18H22FN3O2/c1-11(8-12(2)19)14-4-3-5-17(15(14)9-20)24-13-6-7-16(18(21)23)22-10-13/h3-7,10-12H,8-9,20H2,1-2H3,(H2,21,23). The van der Waals surface area contributed by atoms with Crippen molar-refractivity contribution in [3.05, 3.63) is 53.3 Å². The minimum atomic E-state index is -0.888. The lowest BCUT2D eigenvalue weighted by Gasteiger charge is -2.19. The molecule has 0 saturated heterocycles. The molecule has 1 aromatic carbocycles. The smallest absolute Gasteiger partial charge is 0.267 e. The van der Waals surface area contributed by atoms with Gasteiger partial charge in [0.25, 0.3) is 5.91 Å². The van der Waals surface area contributed by atoms with Crippen LogP contribution in [0, 0.1) is 0 Å². The van der Waals surface area contributed by atoms with Crippen LogP contribution in [-0.4, -0.2) is 17.1 Å². The van der Waals surface area contributed by atoms with Crippen LogP contribution in [0.2, 0.25) is 0 Å². The van der Waals surface area contributed by atoms with E-state index < -0.39 is 12.1 Å². The largest absolute Gasteiger partial charge is 0.455 e. The first-order chi connectivity index (χ1) is 11.4. The van der Waals surface area contributed by atoms with Crippen molar-refractivity contribution in [2.75, 3.05) is 0 Å². The van der Waals surface area contributed by atoms with Crippen molar-refractivity contribution in [3.8, 4) is 11.5 Å². The molecule has 0 saturated carbocycles. The van der Waals surface area contributed by atoms with Gasteiger partial charge >= 0.3 is 0 Å². The van der Waals surface area contributed by atoms with Gasteiger partial charge in [-0.05, 0) is 43.0 Å². The Morgan fingerprint density at radius 2 is 2.04 bits per heavy atom. The van der Waals surface area contributed by atoms with E-state index in [0.29, 0.717) is 17.9 Å². The van der Waals surface area contributed by atoms with E-state index in [0.717, 1.165) is 11.1 Å². The van der Waals surface area contributed by atoms with Crippen LogP contribution in [0.25, 0.3) is 0 Å². The fourth-order valence-electron chi connectivity index (χ4n) is 2.69. The van der Waals surface area contributed by atoms with Gasteiger partial charge in [-0.2, -0.15) is 0 Å². The van der Waals surface area contributed by atoms with E-state index in [1.165, 1.54) is 12.3 Å². The van der Waals surface area contributed by atoms with Gasteiger partial charge in [0.15, 0.2) is 0 Å². The molecule has 0 spiro atoms. The van der Waals surface area contributed by atoms with Gasteiger partial charge in [0.05, 0.1) is 12.4 Å². The number of alkyl halides is 1. The molecule has 2 rings (SSSR count). The molecular weight excluding hydrogens is 309 g/mol. The number of rotatable bonds is 7. The van der Waals surface area contributed by atoms with Crippen LogP contribution in [0.15, 0.2) is 36.5 Å². The molecule has 24 heavy (non-hydrogen) atoms. The monoisotopic (exact) mass is 331 g/mol. The maximum absolute atomic E-state index is 13.3. The zero-order valence-corrected chi connectivity index (χ0v) is 13.8. The Balaban J connectivity index is 2.28. The highest BCUT2D eigenvalue weighted by Gasteiger charge is 2.17. The number of amides is 1. The van der Waals surface area contributed by atoms with Crippen LogP contribution in [0.3, 0.4) is 0 Å². The molecule has 1 aromatic heterocycles. The predicted octanol–water partition coefficient (Wildman–Crippen LogP) is 3.28. The lowest BCUT2D eigenvalue weighted by molar-refractivity contribution is 0.0995. The second kappa shape index (κ2) is 7.88. The van der Waals surface area contributed by atoms with Gasteiger partial charge in [-0.1, -0.05) is 19.1 Å². The molecule has 0 bridgehead atoms. The Bertz CT molecular complexity index is 702. The van der Waals surface area contributed by atoms with Crippen molar-refractivity contribution in [3.63, 3.8) is 0 Å². The third kappa shape index (κ3) is 4.29. The number of carbonyl (C=O) groups excluding carboxylic acids is 1. The molecule has 0 aliphatic heterocycles.